The van der Waals surface area contributed by atoms with E-state index in [9.17, 15) is 10.2 Å². The Morgan fingerprint density at radius 1 is 1.16 bits per heavy atom. The molecule has 4 N–H and O–H groups in total. The summed E-state index contributed by atoms with van der Waals surface area (Å²) in [4.78, 5) is 2.39. The number of likely N-dealkylation sites (N-methyl/N-ethyl adjacent to an activating group) is 1. The Balaban J connectivity index is 0.000000411. The van der Waals surface area contributed by atoms with E-state index in [0.717, 1.165) is 49.0 Å². The van der Waals surface area contributed by atoms with E-state index >= 15 is 0 Å². The zero-order valence-corrected chi connectivity index (χ0v) is 15.6. The molecule has 2 aliphatic rings. The monoisotopic (exact) mass is 362 g/mol. The van der Waals surface area contributed by atoms with Crippen LogP contribution in [0.25, 0.3) is 11.1 Å². The normalized spacial score (nSPS) is 17.5. The van der Waals surface area contributed by atoms with Gasteiger partial charge in [0, 0.05) is 18.2 Å². The molecule has 2 aromatic carbocycles. The minimum atomic E-state index is -0.0380. The lowest BCUT2D eigenvalue weighted by atomic mass is 9.77. The van der Waals surface area contributed by atoms with Crippen LogP contribution in [0.4, 0.5) is 0 Å². The highest BCUT2D eigenvalue weighted by molar-refractivity contribution is 5.85. The first-order chi connectivity index (χ1) is 11.6. The Morgan fingerprint density at radius 2 is 1.88 bits per heavy atom. The molecule has 0 bridgehead atoms. The van der Waals surface area contributed by atoms with Gasteiger partial charge in [-0.15, -0.1) is 12.4 Å². The Labute approximate surface area is 155 Å². The molecule has 0 fully saturated rings. The summed E-state index contributed by atoms with van der Waals surface area (Å²) < 4.78 is 0. The fraction of sp³-hybridized carbons (Fsp3) is 0.400. The van der Waals surface area contributed by atoms with Crippen molar-refractivity contribution in [3.8, 4) is 22.6 Å². The Hall–Kier alpha value is -1.75. The van der Waals surface area contributed by atoms with Gasteiger partial charge in [-0.2, -0.15) is 0 Å². The average molecular weight is 363 g/mol. The quantitative estimate of drug-likeness (QED) is 0.677. The van der Waals surface area contributed by atoms with E-state index in [4.69, 9.17) is 5.73 Å². The van der Waals surface area contributed by atoms with Crippen molar-refractivity contribution >= 4 is 12.4 Å². The molecule has 1 aliphatic heterocycles. The maximum atomic E-state index is 10.3. The Bertz CT molecular complexity index is 747. The van der Waals surface area contributed by atoms with Crippen LogP contribution < -0.4 is 5.73 Å². The van der Waals surface area contributed by atoms with E-state index in [1.807, 2.05) is 6.07 Å². The highest BCUT2D eigenvalue weighted by atomic mass is 35.5. The maximum absolute atomic E-state index is 10.3. The van der Waals surface area contributed by atoms with Crippen LogP contribution in [-0.2, 0) is 12.8 Å². The number of benzene rings is 2. The molecule has 1 aliphatic carbocycles. The lowest BCUT2D eigenvalue weighted by molar-refractivity contribution is 0.228. The molecule has 0 saturated heterocycles. The SMILES string of the molecule is CCCN.CN1CCc2cccc3c2[C@H]1Cc1ccc(O)c(O)c1-3.Cl. The van der Waals surface area contributed by atoms with Gasteiger partial charge >= 0.3 is 0 Å². The summed E-state index contributed by atoms with van der Waals surface area (Å²) in [5.41, 5.74) is 10.7. The second-order valence-corrected chi connectivity index (χ2v) is 6.58. The van der Waals surface area contributed by atoms with Crippen LogP contribution in [0.5, 0.6) is 11.5 Å². The lowest BCUT2D eigenvalue weighted by Gasteiger charge is -2.39. The van der Waals surface area contributed by atoms with E-state index in [0.29, 0.717) is 6.04 Å². The first-order valence-corrected chi connectivity index (χ1v) is 8.64. The van der Waals surface area contributed by atoms with E-state index in [1.165, 1.54) is 11.1 Å². The molecular weight excluding hydrogens is 336 g/mol. The molecule has 136 valence electrons. The number of phenols is 2. The molecule has 5 heteroatoms. The van der Waals surface area contributed by atoms with Gasteiger partial charge in [0.05, 0.1) is 0 Å². The van der Waals surface area contributed by atoms with Crippen LogP contribution in [0.15, 0.2) is 30.3 Å². The standard InChI is InChI=1S/C17H17NO2.C3H9N.ClH/c1-18-8-7-10-3-2-4-12-15(10)13(18)9-11-5-6-14(19)17(20)16(11)12;1-2-3-4;/h2-6,13,19-20H,7-9H2,1H3;2-4H2,1H3;1H/t13-;;/m1../s1. The summed E-state index contributed by atoms with van der Waals surface area (Å²) in [6.45, 7) is 3.94. The highest BCUT2D eigenvalue weighted by Gasteiger charge is 2.34. The number of aromatic hydroxyl groups is 2. The second-order valence-electron chi connectivity index (χ2n) is 6.58. The number of rotatable bonds is 1. The van der Waals surface area contributed by atoms with Crippen molar-refractivity contribution in [3.63, 3.8) is 0 Å². The van der Waals surface area contributed by atoms with Crippen molar-refractivity contribution in [1.82, 2.24) is 4.90 Å². The van der Waals surface area contributed by atoms with Crippen LogP contribution in [0.2, 0.25) is 0 Å². The van der Waals surface area contributed by atoms with Crippen molar-refractivity contribution in [2.24, 2.45) is 5.73 Å². The summed E-state index contributed by atoms with van der Waals surface area (Å²) in [6.07, 6.45) is 3.04. The van der Waals surface area contributed by atoms with E-state index < -0.39 is 0 Å². The third-order valence-electron chi connectivity index (χ3n) is 5.01. The molecule has 25 heavy (non-hydrogen) atoms. The largest absolute Gasteiger partial charge is 0.504 e. The van der Waals surface area contributed by atoms with Crippen LogP contribution in [0, 0.1) is 0 Å². The predicted octanol–water partition coefficient (Wildman–Crippen LogP) is 3.63. The molecule has 4 rings (SSSR count). The molecule has 0 unspecified atom stereocenters. The first kappa shape index (κ1) is 19.6. The molecule has 1 atom stereocenters. The zero-order chi connectivity index (χ0) is 17.3. The smallest absolute Gasteiger partial charge is 0.165 e. The van der Waals surface area contributed by atoms with Gasteiger partial charge in [-0.05, 0) is 61.2 Å². The average Bonchev–Trinajstić information content (AvgIpc) is 2.61. The van der Waals surface area contributed by atoms with Gasteiger partial charge in [0.2, 0.25) is 0 Å². The molecule has 4 nitrogen and oxygen atoms in total. The van der Waals surface area contributed by atoms with Gasteiger partial charge in [-0.25, -0.2) is 0 Å². The van der Waals surface area contributed by atoms with Gasteiger partial charge < -0.3 is 15.9 Å². The Kier molecular flexibility index (Phi) is 6.33. The van der Waals surface area contributed by atoms with Crippen molar-refractivity contribution < 1.29 is 10.2 Å². The third-order valence-corrected chi connectivity index (χ3v) is 5.01. The van der Waals surface area contributed by atoms with Crippen LogP contribution in [-0.4, -0.2) is 35.3 Å². The van der Waals surface area contributed by atoms with Gasteiger partial charge in [-0.1, -0.05) is 31.2 Å². The number of nitrogens with two attached hydrogens (primary N) is 1. The number of phenolic OH excluding ortho intramolecular Hbond substituents is 2. The Morgan fingerprint density at radius 3 is 2.56 bits per heavy atom. The molecular formula is C20H27ClN2O2. The fourth-order valence-corrected chi connectivity index (χ4v) is 3.67. The topological polar surface area (TPSA) is 69.7 Å². The summed E-state index contributed by atoms with van der Waals surface area (Å²) in [5.74, 6) is -0.0217. The minimum Gasteiger partial charge on any atom is -0.504 e. The summed E-state index contributed by atoms with van der Waals surface area (Å²) in [6, 6.07) is 10.2. The molecule has 0 saturated carbocycles. The number of fused-ring (bicyclic) bond motifs is 2. The number of halogens is 1. The third kappa shape index (κ3) is 3.47. The van der Waals surface area contributed by atoms with Gasteiger partial charge in [-0.3, -0.25) is 4.90 Å². The fourth-order valence-electron chi connectivity index (χ4n) is 3.67. The van der Waals surface area contributed by atoms with Gasteiger partial charge in [0.1, 0.15) is 0 Å². The number of nitrogens with zero attached hydrogens (tertiary/aromatic N) is 1. The van der Waals surface area contributed by atoms with Crippen LogP contribution in [0.1, 0.15) is 36.1 Å². The van der Waals surface area contributed by atoms with Crippen molar-refractivity contribution in [1.29, 1.82) is 0 Å². The van der Waals surface area contributed by atoms with E-state index in [1.54, 1.807) is 6.07 Å². The molecule has 0 radical (unpaired) electrons. The van der Waals surface area contributed by atoms with E-state index in [-0.39, 0.29) is 23.9 Å². The number of hydrogen-bond donors (Lipinski definition) is 3. The second kappa shape index (κ2) is 8.09. The molecule has 0 amide bonds. The predicted molar refractivity (Wildman–Crippen MR) is 105 cm³/mol. The summed E-state index contributed by atoms with van der Waals surface area (Å²) >= 11 is 0. The highest BCUT2D eigenvalue weighted by Crippen LogP contribution is 2.49. The van der Waals surface area contributed by atoms with Crippen LogP contribution in [0.3, 0.4) is 0 Å². The van der Waals surface area contributed by atoms with Crippen molar-refractivity contribution in [2.45, 2.75) is 32.2 Å². The summed E-state index contributed by atoms with van der Waals surface area (Å²) in [5, 5.41) is 20.1. The molecule has 1 heterocycles. The molecule has 0 aromatic heterocycles. The van der Waals surface area contributed by atoms with Crippen LogP contribution >= 0.6 is 12.4 Å². The van der Waals surface area contributed by atoms with Gasteiger partial charge in [0.25, 0.3) is 0 Å². The summed E-state index contributed by atoms with van der Waals surface area (Å²) in [7, 11) is 2.16. The first-order valence-electron chi connectivity index (χ1n) is 8.64. The minimum absolute atomic E-state index is 0. The van der Waals surface area contributed by atoms with Crippen molar-refractivity contribution in [2.75, 3.05) is 20.1 Å². The lowest BCUT2D eigenvalue weighted by Crippen LogP contribution is -2.35. The number of hydrogen-bond acceptors (Lipinski definition) is 4. The maximum Gasteiger partial charge on any atom is 0.165 e. The van der Waals surface area contributed by atoms with E-state index in [2.05, 4.69) is 37.1 Å². The molecule has 2 aromatic rings. The zero-order valence-electron chi connectivity index (χ0n) is 14.8. The molecule has 0 spiro atoms. The van der Waals surface area contributed by atoms with Crippen molar-refractivity contribution in [3.05, 3.63) is 47.0 Å². The van der Waals surface area contributed by atoms with Gasteiger partial charge in [0.15, 0.2) is 11.5 Å².